The highest BCUT2D eigenvalue weighted by Gasteiger charge is 2.36. The van der Waals surface area contributed by atoms with Crippen molar-refractivity contribution in [2.45, 2.75) is 32.2 Å². The molecular weight excluding hydrogens is 474 g/mol. The van der Waals surface area contributed by atoms with E-state index in [1.165, 1.54) is 0 Å². The third kappa shape index (κ3) is 6.05. The van der Waals surface area contributed by atoms with Crippen LogP contribution < -0.4 is 14.2 Å². The van der Waals surface area contributed by atoms with Gasteiger partial charge in [-0.3, -0.25) is 14.5 Å². The van der Waals surface area contributed by atoms with Gasteiger partial charge in [0, 0.05) is 30.2 Å². The first-order chi connectivity index (χ1) is 18.0. The van der Waals surface area contributed by atoms with Crippen LogP contribution in [0.25, 0.3) is 0 Å². The van der Waals surface area contributed by atoms with Crippen molar-refractivity contribution >= 4 is 17.6 Å². The molecule has 37 heavy (non-hydrogen) atoms. The molecule has 2 atom stereocenters. The monoisotopic (exact) mass is 509 g/mol. The lowest BCUT2D eigenvalue weighted by atomic mass is 9.97. The Kier molecular flexibility index (Phi) is 8.66. The van der Waals surface area contributed by atoms with E-state index in [9.17, 15) is 9.59 Å². The van der Waals surface area contributed by atoms with Gasteiger partial charge >= 0.3 is 5.97 Å². The lowest BCUT2D eigenvalue weighted by molar-refractivity contribution is -0.150. The second kappa shape index (κ2) is 12.1. The van der Waals surface area contributed by atoms with Gasteiger partial charge in [-0.05, 0) is 50.6 Å². The average Bonchev–Trinajstić information content (AvgIpc) is 3.38. The van der Waals surface area contributed by atoms with Crippen LogP contribution in [0.3, 0.4) is 0 Å². The molecule has 0 aromatic heterocycles. The van der Waals surface area contributed by atoms with Gasteiger partial charge in [-0.25, -0.2) is 5.01 Å². The van der Waals surface area contributed by atoms with Crippen LogP contribution in [0.15, 0.2) is 47.6 Å². The van der Waals surface area contributed by atoms with Gasteiger partial charge in [0.2, 0.25) is 0 Å². The maximum atomic E-state index is 13.7. The van der Waals surface area contributed by atoms with Gasteiger partial charge in [-0.1, -0.05) is 12.1 Å². The van der Waals surface area contributed by atoms with Gasteiger partial charge in [0.25, 0.3) is 5.91 Å². The first-order valence-corrected chi connectivity index (χ1v) is 12.6. The number of hydrogen-bond acceptors (Lipinski definition) is 8. The van der Waals surface area contributed by atoms with E-state index in [0.717, 1.165) is 42.0 Å². The second-order valence-corrected chi connectivity index (χ2v) is 9.17. The number of esters is 1. The highest BCUT2D eigenvalue weighted by molar-refractivity contribution is 6.03. The van der Waals surface area contributed by atoms with E-state index in [1.54, 1.807) is 33.3 Å². The van der Waals surface area contributed by atoms with Crippen molar-refractivity contribution in [2.75, 3.05) is 47.6 Å². The Balaban J connectivity index is 1.61. The Morgan fingerprint density at radius 1 is 1.03 bits per heavy atom. The van der Waals surface area contributed by atoms with Crippen molar-refractivity contribution in [1.82, 2.24) is 9.91 Å². The summed E-state index contributed by atoms with van der Waals surface area (Å²) in [6.07, 6.45) is 2.13. The van der Waals surface area contributed by atoms with Crippen molar-refractivity contribution < 1.29 is 28.5 Å². The molecule has 0 radical (unpaired) electrons. The van der Waals surface area contributed by atoms with Crippen LogP contribution in [0.4, 0.5) is 0 Å². The van der Waals surface area contributed by atoms with Crippen molar-refractivity contribution in [3.8, 4) is 17.2 Å². The minimum absolute atomic E-state index is 0.134. The van der Waals surface area contributed by atoms with Crippen LogP contribution >= 0.6 is 0 Å². The summed E-state index contributed by atoms with van der Waals surface area (Å²) in [7, 11) is 4.83. The number of hydrogen-bond donors (Lipinski definition) is 0. The first kappa shape index (κ1) is 26.5. The molecule has 9 heteroatoms. The van der Waals surface area contributed by atoms with E-state index in [4.69, 9.17) is 24.0 Å². The van der Waals surface area contributed by atoms with Crippen LogP contribution in [0.1, 0.15) is 43.4 Å². The van der Waals surface area contributed by atoms with Crippen LogP contribution in [-0.4, -0.2) is 75.1 Å². The third-order valence-corrected chi connectivity index (χ3v) is 6.85. The van der Waals surface area contributed by atoms with Gasteiger partial charge in [0.1, 0.15) is 17.2 Å². The van der Waals surface area contributed by atoms with Crippen LogP contribution in [-0.2, 0) is 14.3 Å². The Bertz CT molecular complexity index is 1150. The number of benzene rings is 2. The van der Waals surface area contributed by atoms with Crippen LogP contribution in [0.2, 0.25) is 0 Å². The van der Waals surface area contributed by atoms with Crippen molar-refractivity contribution in [1.29, 1.82) is 0 Å². The summed E-state index contributed by atoms with van der Waals surface area (Å²) >= 11 is 0. The van der Waals surface area contributed by atoms with Gasteiger partial charge in [-0.15, -0.1) is 0 Å². The molecular formula is C28H35N3O6. The number of nitrogens with zero attached hydrogens (tertiary/aromatic N) is 3. The zero-order valence-electron chi connectivity index (χ0n) is 21.9. The molecule has 0 unspecified atom stereocenters. The summed E-state index contributed by atoms with van der Waals surface area (Å²) in [4.78, 5) is 28.0. The lowest BCUT2D eigenvalue weighted by Crippen LogP contribution is -2.44. The molecule has 1 saturated heterocycles. The average molecular weight is 510 g/mol. The quantitative estimate of drug-likeness (QED) is 0.477. The summed E-state index contributed by atoms with van der Waals surface area (Å²) in [5.74, 6) is 1.48. The molecule has 4 rings (SSSR count). The Morgan fingerprint density at radius 3 is 2.54 bits per heavy atom. The van der Waals surface area contributed by atoms with E-state index < -0.39 is 0 Å². The van der Waals surface area contributed by atoms with Crippen LogP contribution in [0, 0.1) is 5.92 Å². The fraction of sp³-hybridized carbons (Fsp3) is 0.464. The normalized spacial score (nSPS) is 19.8. The van der Waals surface area contributed by atoms with Gasteiger partial charge in [0.05, 0.1) is 52.2 Å². The molecule has 2 aliphatic rings. The highest BCUT2D eigenvalue weighted by Crippen LogP contribution is 2.39. The fourth-order valence-corrected chi connectivity index (χ4v) is 4.97. The molecule has 0 N–H and O–H groups in total. The summed E-state index contributed by atoms with van der Waals surface area (Å²) < 4.78 is 21.6. The molecule has 0 aliphatic carbocycles. The third-order valence-electron chi connectivity index (χ3n) is 6.85. The number of amides is 1. The summed E-state index contributed by atoms with van der Waals surface area (Å²) in [6.45, 7) is 3.58. The number of carbonyl (C=O) groups is 2. The number of piperidine rings is 1. The van der Waals surface area contributed by atoms with E-state index in [2.05, 4.69) is 0 Å². The van der Waals surface area contributed by atoms with Gasteiger partial charge < -0.3 is 18.9 Å². The lowest BCUT2D eigenvalue weighted by Gasteiger charge is -2.32. The smallest absolute Gasteiger partial charge is 0.310 e. The summed E-state index contributed by atoms with van der Waals surface area (Å²) in [5, 5.41) is 6.36. The molecule has 1 fully saturated rings. The Morgan fingerprint density at radius 2 is 1.81 bits per heavy atom. The van der Waals surface area contributed by atoms with E-state index >= 15 is 0 Å². The molecule has 0 bridgehead atoms. The maximum absolute atomic E-state index is 13.7. The van der Waals surface area contributed by atoms with Gasteiger partial charge in [0.15, 0.2) is 0 Å². The number of methoxy groups -OCH3 is 3. The predicted molar refractivity (Wildman–Crippen MR) is 139 cm³/mol. The van der Waals surface area contributed by atoms with Crippen LogP contribution in [0.5, 0.6) is 17.2 Å². The maximum Gasteiger partial charge on any atom is 0.310 e. The minimum atomic E-state index is -0.347. The number of hydrazone groups is 1. The van der Waals surface area contributed by atoms with Crippen molar-refractivity contribution in [3.63, 3.8) is 0 Å². The Labute approximate surface area is 217 Å². The highest BCUT2D eigenvalue weighted by atomic mass is 16.5. The first-order valence-electron chi connectivity index (χ1n) is 12.6. The number of rotatable bonds is 9. The molecule has 9 nitrogen and oxygen atoms in total. The van der Waals surface area contributed by atoms with Crippen molar-refractivity contribution in [2.24, 2.45) is 11.0 Å². The van der Waals surface area contributed by atoms with E-state index in [-0.39, 0.29) is 30.4 Å². The Hall–Kier alpha value is -3.59. The summed E-state index contributed by atoms with van der Waals surface area (Å²) in [6, 6.07) is 12.9. The number of carbonyl (C=O) groups excluding carboxylic acids is 2. The topological polar surface area (TPSA) is 89.9 Å². The number of ether oxygens (including phenoxy) is 4. The molecule has 1 amide bonds. The second-order valence-electron chi connectivity index (χ2n) is 9.17. The minimum Gasteiger partial charge on any atom is -0.497 e. The fourth-order valence-electron chi connectivity index (χ4n) is 4.97. The molecule has 198 valence electrons. The molecule has 2 aliphatic heterocycles. The molecule has 2 heterocycles. The zero-order chi connectivity index (χ0) is 26.4. The molecule has 2 aromatic carbocycles. The zero-order valence-corrected chi connectivity index (χ0v) is 21.9. The number of likely N-dealkylation sites (tertiary alicyclic amines) is 1. The van der Waals surface area contributed by atoms with E-state index in [0.29, 0.717) is 31.1 Å². The van der Waals surface area contributed by atoms with Gasteiger partial charge in [-0.2, -0.15) is 5.10 Å². The molecule has 2 aromatic rings. The SMILES string of the molecule is CCOC(=O)[C@@H]1CCCN(CC(=O)N2N=C(c3cccc(OC)c3)C[C@@H]2c2ccc(OC)cc2OC)C1. The van der Waals surface area contributed by atoms with Crippen molar-refractivity contribution in [3.05, 3.63) is 53.6 Å². The predicted octanol–water partition coefficient (Wildman–Crippen LogP) is 3.67. The molecule has 0 saturated carbocycles. The largest absolute Gasteiger partial charge is 0.497 e. The standard InChI is InChI=1S/C28H35N3O6/c1-5-37-28(33)20-9-7-13-30(17-20)18-27(32)31-25(23-12-11-22(35-3)15-26(23)36-4)16-24(29-31)19-8-6-10-21(14-19)34-2/h6,8,10-12,14-15,20,25H,5,7,9,13,16-18H2,1-4H3/t20-,25-/m1/s1. The van der Waals surface area contributed by atoms with E-state index in [1.807, 2.05) is 47.4 Å². The summed E-state index contributed by atoms with van der Waals surface area (Å²) in [5.41, 5.74) is 2.53. The molecule has 0 spiro atoms.